The number of amides is 1. The van der Waals surface area contributed by atoms with E-state index in [4.69, 9.17) is 11.6 Å². The van der Waals surface area contributed by atoms with Gasteiger partial charge in [0.1, 0.15) is 0 Å². The van der Waals surface area contributed by atoms with Crippen molar-refractivity contribution in [2.24, 2.45) is 0 Å². The number of halogens is 1. The highest BCUT2D eigenvalue weighted by Crippen LogP contribution is 2.26. The number of sulfonamides is 1. The van der Waals surface area contributed by atoms with Crippen LogP contribution in [0, 0.1) is 6.92 Å². The summed E-state index contributed by atoms with van der Waals surface area (Å²) in [5, 5.41) is 2.66. The highest BCUT2D eigenvalue weighted by Gasteiger charge is 2.23. The molecule has 2 N–H and O–H groups in total. The SMILES string of the molecule is Cc1nc(Cl)sc1S(=O)(=O)NCC(=O)NC(C)(C)C. The molecule has 0 aliphatic heterocycles. The van der Waals surface area contributed by atoms with Gasteiger partial charge in [-0.15, -0.1) is 0 Å². The Bertz CT molecular complexity index is 575. The Labute approximate surface area is 121 Å². The number of hydrogen-bond acceptors (Lipinski definition) is 5. The zero-order valence-electron chi connectivity index (χ0n) is 11.1. The maximum Gasteiger partial charge on any atom is 0.252 e. The predicted octanol–water partition coefficient (Wildman–Crippen LogP) is 1.30. The first-order valence-corrected chi connectivity index (χ1v) is 8.12. The summed E-state index contributed by atoms with van der Waals surface area (Å²) in [6, 6.07) is 0. The Balaban J connectivity index is 2.72. The van der Waals surface area contributed by atoms with E-state index in [9.17, 15) is 13.2 Å². The van der Waals surface area contributed by atoms with E-state index < -0.39 is 21.5 Å². The summed E-state index contributed by atoms with van der Waals surface area (Å²) in [6.07, 6.45) is 0. The monoisotopic (exact) mass is 325 g/mol. The first-order valence-electron chi connectivity index (χ1n) is 5.45. The van der Waals surface area contributed by atoms with Gasteiger partial charge in [-0.1, -0.05) is 22.9 Å². The van der Waals surface area contributed by atoms with E-state index in [1.54, 1.807) is 6.92 Å². The van der Waals surface area contributed by atoms with Gasteiger partial charge in [-0.25, -0.2) is 18.1 Å². The van der Waals surface area contributed by atoms with Crippen molar-refractivity contribution in [3.63, 3.8) is 0 Å². The minimum absolute atomic E-state index is 0.0288. The van der Waals surface area contributed by atoms with Gasteiger partial charge >= 0.3 is 0 Å². The molecule has 1 amide bonds. The number of aryl methyl sites for hydroxylation is 1. The molecule has 1 heterocycles. The average Bonchev–Trinajstić information content (AvgIpc) is 2.53. The molecule has 0 saturated heterocycles. The maximum atomic E-state index is 12.0. The van der Waals surface area contributed by atoms with E-state index in [1.165, 1.54) is 0 Å². The molecule has 1 aromatic rings. The summed E-state index contributed by atoms with van der Waals surface area (Å²) in [5.74, 6) is -0.399. The van der Waals surface area contributed by atoms with Gasteiger partial charge in [0.15, 0.2) is 8.68 Å². The summed E-state index contributed by atoms with van der Waals surface area (Å²) in [6.45, 7) is 6.66. The Morgan fingerprint density at radius 1 is 1.42 bits per heavy atom. The number of thiazole rings is 1. The van der Waals surface area contributed by atoms with Crippen LogP contribution in [0.4, 0.5) is 0 Å². The number of nitrogens with zero attached hydrogens (tertiary/aromatic N) is 1. The number of nitrogens with one attached hydrogen (secondary N) is 2. The Hall–Kier alpha value is -0.700. The van der Waals surface area contributed by atoms with Crippen LogP contribution in [0.3, 0.4) is 0 Å². The normalized spacial score (nSPS) is 12.5. The summed E-state index contributed by atoms with van der Waals surface area (Å²) < 4.78 is 26.3. The van der Waals surface area contributed by atoms with Crippen LogP contribution < -0.4 is 10.0 Å². The van der Waals surface area contributed by atoms with Crippen molar-refractivity contribution in [2.45, 2.75) is 37.4 Å². The molecule has 0 aliphatic rings. The van der Waals surface area contributed by atoms with Gasteiger partial charge in [0.05, 0.1) is 12.2 Å². The highest BCUT2D eigenvalue weighted by molar-refractivity contribution is 7.91. The van der Waals surface area contributed by atoms with Crippen LogP contribution in [0.5, 0.6) is 0 Å². The minimum atomic E-state index is -3.76. The van der Waals surface area contributed by atoms with Crippen molar-refractivity contribution in [3.05, 3.63) is 10.2 Å². The molecule has 19 heavy (non-hydrogen) atoms. The summed E-state index contributed by atoms with van der Waals surface area (Å²) in [5.41, 5.74) is -0.0922. The van der Waals surface area contributed by atoms with Gasteiger partial charge in [-0.2, -0.15) is 0 Å². The second-order valence-corrected chi connectivity index (χ2v) is 8.51. The summed E-state index contributed by atoms with van der Waals surface area (Å²) >= 11 is 6.52. The fraction of sp³-hybridized carbons (Fsp3) is 0.600. The standard InChI is InChI=1S/C10H16ClN3O3S2/c1-6-8(18-9(11)13-6)19(16,17)12-5-7(15)14-10(2,3)4/h12H,5H2,1-4H3,(H,14,15). The third-order valence-electron chi connectivity index (χ3n) is 1.91. The van der Waals surface area contributed by atoms with Crippen molar-refractivity contribution < 1.29 is 13.2 Å². The number of aromatic nitrogens is 1. The van der Waals surface area contributed by atoms with E-state index in [-0.39, 0.29) is 15.2 Å². The lowest BCUT2D eigenvalue weighted by Crippen LogP contribution is -2.45. The van der Waals surface area contributed by atoms with E-state index in [2.05, 4.69) is 15.0 Å². The van der Waals surface area contributed by atoms with Crippen LogP contribution in [-0.2, 0) is 14.8 Å². The average molecular weight is 326 g/mol. The van der Waals surface area contributed by atoms with Crippen LogP contribution in [0.1, 0.15) is 26.5 Å². The van der Waals surface area contributed by atoms with Crippen molar-refractivity contribution in [1.29, 1.82) is 0 Å². The quantitative estimate of drug-likeness (QED) is 0.873. The molecule has 9 heteroatoms. The molecule has 108 valence electrons. The lowest BCUT2D eigenvalue weighted by molar-refractivity contribution is -0.121. The van der Waals surface area contributed by atoms with Crippen molar-refractivity contribution in [2.75, 3.05) is 6.54 Å². The topological polar surface area (TPSA) is 88.2 Å². The molecule has 0 radical (unpaired) electrons. The molecule has 0 spiro atoms. The Kier molecular flexibility index (Phi) is 4.94. The smallest absolute Gasteiger partial charge is 0.252 e. The maximum absolute atomic E-state index is 12.0. The molecule has 0 aliphatic carbocycles. The van der Waals surface area contributed by atoms with E-state index in [0.717, 1.165) is 11.3 Å². The molecular weight excluding hydrogens is 310 g/mol. The lowest BCUT2D eigenvalue weighted by Gasteiger charge is -2.20. The molecule has 1 rings (SSSR count). The zero-order valence-corrected chi connectivity index (χ0v) is 13.5. The largest absolute Gasteiger partial charge is 0.350 e. The van der Waals surface area contributed by atoms with Crippen molar-refractivity contribution in [1.82, 2.24) is 15.0 Å². The van der Waals surface area contributed by atoms with Gasteiger partial charge in [0.2, 0.25) is 5.91 Å². The second-order valence-electron chi connectivity index (χ2n) is 4.96. The molecule has 0 aromatic carbocycles. The zero-order chi connectivity index (χ0) is 14.8. The van der Waals surface area contributed by atoms with Gasteiger partial charge < -0.3 is 5.32 Å². The number of hydrogen-bond donors (Lipinski definition) is 2. The van der Waals surface area contributed by atoms with Crippen LogP contribution >= 0.6 is 22.9 Å². The second kappa shape index (κ2) is 5.74. The Morgan fingerprint density at radius 2 is 2.00 bits per heavy atom. The molecule has 0 saturated carbocycles. The van der Waals surface area contributed by atoms with Gasteiger partial charge in [0, 0.05) is 5.54 Å². The predicted molar refractivity (Wildman–Crippen MR) is 74.9 cm³/mol. The van der Waals surface area contributed by atoms with Crippen molar-refractivity contribution in [3.8, 4) is 0 Å². The highest BCUT2D eigenvalue weighted by atomic mass is 35.5. The molecule has 0 atom stereocenters. The third kappa shape index (κ3) is 5.06. The van der Waals surface area contributed by atoms with Crippen LogP contribution in [0.25, 0.3) is 0 Å². The minimum Gasteiger partial charge on any atom is -0.350 e. The van der Waals surface area contributed by atoms with Crippen molar-refractivity contribution >= 4 is 38.9 Å². The molecular formula is C10H16ClN3O3S2. The third-order valence-corrected chi connectivity index (χ3v) is 5.18. The summed E-state index contributed by atoms with van der Waals surface area (Å²) in [4.78, 5) is 15.4. The summed E-state index contributed by atoms with van der Waals surface area (Å²) in [7, 11) is -3.76. The fourth-order valence-corrected chi connectivity index (χ4v) is 4.05. The molecule has 0 bridgehead atoms. The number of rotatable bonds is 4. The molecule has 6 nitrogen and oxygen atoms in total. The van der Waals surface area contributed by atoms with Crippen LogP contribution in [-0.4, -0.2) is 31.4 Å². The van der Waals surface area contributed by atoms with Gasteiger partial charge in [-0.3, -0.25) is 4.79 Å². The Morgan fingerprint density at radius 3 is 2.42 bits per heavy atom. The van der Waals surface area contributed by atoms with E-state index >= 15 is 0 Å². The molecule has 1 aromatic heterocycles. The number of carbonyl (C=O) groups excluding carboxylic acids is 1. The molecule has 0 unspecified atom stereocenters. The fourth-order valence-electron chi connectivity index (χ4n) is 1.29. The first kappa shape index (κ1) is 16.4. The van der Waals surface area contributed by atoms with E-state index in [1.807, 2.05) is 20.8 Å². The van der Waals surface area contributed by atoms with E-state index in [0.29, 0.717) is 5.69 Å². The van der Waals surface area contributed by atoms with Gasteiger partial charge in [0.25, 0.3) is 10.0 Å². The number of carbonyl (C=O) groups is 1. The lowest BCUT2D eigenvalue weighted by atomic mass is 10.1. The van der Waals surface area contributed by atoms with Gasteiger partial charge in [-0.05, 0) is 27.7 Å². The molecule has 0 fully saturated rings. The van der Waals surface area contributed by atoms with Crippen LogP contribution in [0.2, 0.25) is 4.47 Å². The van der Waals surface area contributed by atoms with Crippen LogP contribution in [0.15, 0.2) is 4.21 Å². The first-order chi connectivity index (χ1) is 8.51.